The van der Waals surface area contributed by atoms with Gasteiger partial charge in [-0.25, -0.2) is 9.78 Å². The average Bonchev–Trinajstić information content (AvgIpc) is 3.17. The van der Waals surface area contributed by atoms with E-state index in [2.05, 4.69) is 4.98 Å². The van der Waals surface area contributed by atoms with Gasteiger partial charge in [0.25, 0.3) is 5.69 Å². The van der Waals surface area contributed by atoms with Crippen molar-refractivity contribution in [1.82, 2.24) is 9.38 Å². The molecule has 0 unspecified atom stereocenters. The van der Waals surface area contributed by atoms with Crippen LogP contribution in [0.2, 0.25) is 5.02 Å². The molecule has 30 heavy (non-hydrogen) atoms. The average molecular weight is 424 g/mol. The molecule has 0 aliphatic heterocycles. The van der Waals surface area contributed by atoms with Crippen LogP contribution in [0.3, 0.4) is 0 Å². The number of fused-ring (bicyclic) bond motifs is 1. The summed E-state index contributed by atoms with van der Waals surface area (Å²) in [6, 6.07) is 16.6. The largest absolute Gasteiger partial charge is 0.480 e. The molecular formula is C21H14ClN3O5. The Morgan fingerprint density at radius 3 is 2.57 bits per heavy atom. The van der Waals surface area contributed by atoms with Gasteiger partial charge in [0.2, 0.25) is 0 Å². The smallest absolute Gasteiger partial charge is 0.349 e. The maximum Gasteiger partial charge on any atom is 0.349 e. The van der Waals surface area contributed by atoms with Crippen LogP contribution in [0.25, 0.3) is 16.9 Å². The number of para-hydroxylation sites is 1. The van der Waals surface area contributed by atoms with Crippen LogP contribution >= 0.6 is 11.6 Å². The normalized spacial score (nSPS) is 10.7. The molecule has 2 heterocycles. The number of benzene rings is 2. The number of pyridine rings is 1. The fourth-order valence-corrected chi connectivity index (χ4v) is 2.97. The minimum Gasteiger partial charge on any atom is -0.480 e. The van der Waals surface area contributed by atoms with E-state index in [0.29, 0.717) is 27.9 Å². The highest BCUT2D eigenvalue weighted by atomic mass is 35.5. The molecule has 0 spiro atoms. The number of hydrogen-bond donors (Lipinski definition) is 0. The molecule has 0 aliphatic rings. The fourth-order valence-electron chi connectivity index (χ4n) is 2.78. The molecular weight excluding hydrogens is 410 g/mol. The molecule has 0 saturated heterocycles. The Labute approximate surface area is 175 Å². The van der Waals surface area contributed by atoms with Gasteiger partial charge < -0.3 is 9.47 Å². The quantitative estimate of drug-likeness (QED) is 0.195. The highest BCUT2D eigenvalue weighted by Gasteiger charge is 2.11. The van der Waals surface area contributed by atoms with E-state index in [0.717, 1.165) is 5.56 Å². The van der Waals surface area contributed by atoms with Crippen molar-refractivity contribution in [3.05, 3.63) is 88.2 Å². The highest BCUT2D eigenvalue weighted by Crippen LogP contribution is 2.25. The molecule has 0 fully saturated rings. The molecule has 0 amide bonds. The number of imidazole rings is 1. The number of aromatic nitrogens is 2. The second-order valence-corrected chi connectivity index (χ2v) is 6.66. The number of rotatable bonds is 6. The Hall–Kier alpha value is -3.91. The topological polar surface area (TPSA) is 96.0 Å². The number of nitro groups is 1. The Bertz CT molecular complexity index is 1240. The van der Waals surface area contributed by atoms with Crippen molar-refractivity contribution >= 4 is 28.9 Å². The summed E-state index contributed by atoms with van der Waals surface area (Å²) < 4.78 is 12.2. The number of halogens is 1. The molecule has 9 heteroatoms. The van der Waals surface area contributed by atoms with Crippen LogP contribution in [0.15, 0.2) is 73.1 Å². The van der Waals surface area contributed by atoms with E-state index < -0.39 is 10.9 Å². The Kier molecular flexibility index (Phi) is 5.32. The number of carbonyl (C=O) groups excluding carboxylic acids is 1. The summed E-state index contributed by atoms with van der Waals surface area (Å²) in [6.45, 7) is -0.281. The fraction of sp³-hybridized carbons (Fsp3) is 0.0476. The summed E-state index contributed by atoms with van der Waals surface area (Å²) in [6.07, 6.45) is 3.10. The van der Waals surface area contributed by atoms with Crippen LogP contribution in [-0.2, 0) is 4.79 Å². The maximum absolute atomic E-state index is 12.0. The van der Waals surface area contributed by atoms with Gasteiger partial charge in [-0.15, -0.1) is 0 Å². The molecule has 4 aromatic rings. The summed E-state index contributed by atoms with van der Waals surface area (Å²) in [4.78, 5) is 26.9. The first-order valence-corrected chi connectivity index (χ1v) is 9.19. The van der Waals surface area contributed by atoms with Crippen molar-refractivity contribution in [1.29, 1.82) is 0 Å². The first-order valence-electron chi connectivity index (χ1n) is 8.81. The van der Waals surface area contributed by atoms with Crippen LogP contribution in [0.5, 0.6) is 11.5 Å². The first-order chi connectivity index (χ1) is 14.5. The van der Waals surface area contributed by atoms with Crippen molar-refractivity contribution < 1.29 is 19.2 Å². The predicted octanol–water partition coefficient (Wildman–Crippen LogP) is 4.55. The van der Waals surface area contributed by atoms with Gasteiger partial charge >= 0.3 is 5.97 Å². The Balaban J connectivity index is 1.42. The van der Waals surface area contributed by atoms with E-state index in [4.69, 9.17) is 21.1 Å². The van der Waals surface area contributed by atoms with E-state index in [1.54, 1.807) is 65.2 Å². The summed E-state index contributed by atoms with van der Waals surface area (Å²) >= 11 is 5.98. The van der Waals surface area contributed by atoms with Crippen LogP contribution in [0.4, 0.5) is 5.69 Å². The van der Waals surface area contributed by atoms with E-state index in [9.17, 15) is 14.9 Å². The van der Waals surface area contributed by atoms with E-state index in [1.807, 2.05) is 0 Å². The van der Waals surface area contributed by atoms with Gasteiger partial charge in [-0.3, -0.25) is 14.5 Å². The lowest BCUT2D eigenvalue weighted by molar-refractivity contribution is -0.385. The van der Waals surface area contributed by atoms with E-state index >= 15 is 0 Å². The molecule has 150 valence electrons. The maximum atomic E-state index is 12.0. The lowest BCUT2D eigenvalue weighted by Gasteiger charge is -2.08. The SMILES string of the molecule is O=C(COc1ccccc1Cl)Oc1ccc(-c2cn3cc([N+](=O)[O-])ccc3n2)cc1. The summed E-state index contributed by atoms with van der Waals surface area (Å²) in [5, 5.41) is 11.3. The molecule has 0 atom stereocenters. The molecule has 0 aliphatic carbocycles. The summed E-state index contributed by atoms with van der Waals surface area (Å²) in [5.41, 5.74) is 1.97. The number of carbonyl (C=O) groups is 1. The highest BCUT2D eigenvalue weighted by molar-refractivity contribution is 6.32. The van der Waals surface area contributed by atoms with E-state index in [1.165, 1.54) is 12.3 Å². The van der Waals surface area contributed by atoms with Gasteiger partial charge in [-0.1, -0.05) is 23.7 Å². The first kappa shape index (κ1) is 19.4. The molecule has 2 aromatic heterocycles. The van der Waals surface area contributed by atoms with Gasteiger partial charge in [-0.2, -0.15) is 0 Å². The summed E-state index contributed by atoms with van der Waals surface area (Å²) in [7, 11) is 0. The molecule has 0 N–H and O–H groups in total. The van der Waals surface area contributed by atoms with Crippen molar-refractivity contribution in [2.24, 2.45) is 0 Å². The zero-order valence-electron chi connectivity index (χ0n) is 15.4. The number of nitrogens with zero attached hydrogens (tertiary/aromatic N) is 3. The molecule has 4 rings (SSSR count). The minimum absolute atomic E-state index is 0.0206. The second-order valence-electron chi connectivity index (χ2n) is 6.25. The van der Waals surface area contributed by atoms with Gasteiger partial charge in [0, 0.05) is 17.8 Å². The second kappa shape index (κ2) is 8.22. The van der Waals surface area contributed by atoms with Crippen LogP contribution < -0.4 is 9.47 Å². The van der Waals surface area contributed by atoms with Crippen LogP contribution in [-0.4, -0.2) is 26.9 Å². The molecule has 0 bridgehead atoms. The zero-order valence-corrected chi connectivity index (χ0v) is 16.2. The standard InChI is InChI=1S/C21H14ClN3O5/c22-17-3-1-2-4-19(17)29-13-21(26)30-16-8-5-14(6-9-16)18-12-24-11-15(25(27)28)7-10-20(24)23-18/h1-12H,13H2. The van der Waals surface area contributed by atoms with Crippen molar-refractivity contribution in [3.8, 4) is 22.8 Å². The molecule has 2 aromatic carbocycles. The molecule has 0 radical (unpaired) electrons. The third-order valence-electron chi connectivity index (χ3n) is 4.21. The molecule has 0 saturated carbocycles. The zero-order chi connectivity index (χ0) is 21.1. The Morgan fingerprint density at radius 2 is 1.83 bits per heavy atom. The molecule has 8 nitrogen and oxygen atoms in total. The van der Waals surface area contributed by atoms with Crippen LogP contribution in [0.1, 0.15) is 0 Å². The lowest BCUT2D eigenvalue weighted by Crippen LogP contribution is -2.17. The van der Waals surface area contributed by atoms with Gasteiger partial charge in [0.1, 0.15) is 17.1 Å². The monoisotopic (exact) mass is 423 g/mol. The van der Waals surface area contributed by atoms with Crippen molar-refractivity contribution in [2.75, 3.05) is 6.61 Å². The minimum atomic E-state index is -0.567. The number of esters is 1. The van der Waals surface area contributed by atoms with Gasteiger partial charge in [0.15, 0.2) is 6.61 Å². The number of hydrogen-bond acceptors (Lipinski definition) is 6. The van der Waals surface area contributed by atoms with Crippen molar-refractivity contribution in [2.45, 2.75) is 0 Å². The van der Waals surface area contributed by atoms with E-state index in [-0.39, 0.29) is 12.3 Å². The third-order valence-corrected chi connectivity index (χ3v) is 4.52. The Morgan fingerprint density at radius 1 is 1.07 bits per heavy atom. The van der Waals surface area contributed by atoms with Crippen LogP contribution in [0, 0.1) is 10.1 Å². The van der Waals surface area contributed by atoms with Gasteiger partial charge in [-0.05, 0) is 42.5 Å². The lowest BCUT2D eigenvalue weighted by atomic mass is 10.2. The predicted molar refractivity (Wildman–Crippen MR) is 110 cm³/mol. The number of ether oxygens (including phenoxy) is 2. The van der Waals surface area contributed by atoms with Gasteiger partial charge in [0.05, 0.1) is 21.8 Å². The van der Waals surface area contributed by atoms with Crippen molar-refractivity contribution in [3.63, 3.8) is 0 Å². The summed E-state index contributed by atoms with van der Waals surface area (Å²) in [5.74, 6) is 0.187. The third kappa shape index (κ3) is 4.23.